The van der Waals surface area contributed by atoms with Gasteiger partial charge in [-0.3, -0.25) is 4.79 Å². The van der Waals surface area contributed by atoms with Crippen LogP contribution in [0.25, 0.3) is 0 Å². The van der Waals surface area contributed by atoms with E-state index in [0.29, 0.717) is 16.5 Å². The molecule has 4 aromatic carbocycles. The molecule has 0 fully saturated rings. The van der Waals surface area contributed by atoms with Gasteiger partial charge in [0, 0.05) is 11.4 Å². The van der Waals surface area contributed by atoms with Gasteiger partial charge in [-0.1, -0.05) is 54.6 Å². The van der Waals surface area contributed by atoms with Gasteiger partial charge in [0.05, 0.1) is 11.6 Å². The van der Waals surface area contributed by atoms with Gasteiger partial charge in [-0.25, -0.2) is 8.78 Å². The van der Waals surface area contributed by atoms with Crippen LogP contribution < -0.4 is 16.0 Å². The van der Waals surface area contributed by atoms with E-state index in [4.69, 9.17) is 12.2 Å². The van der Waals surface area contributed by atoms with Crippen LogP contribution in [0.5, 0.6) is 0 Å². The van der Waals surface area contributed by atoms with Gasteiger partial charge in [0.25, 0.3) is 5.91 Å². The van der Waals surface area contributed by atoms with Crippen LogP contribution in [0, 0.1) is 11.6 Å². The number of benzene rings is 4. The zero-order valence-electron chi connectivity index (χ0n) is 18.0. The summed E-state index contributed by atoms with van der Waals surface area (Å²) in [5.41, 5.74) is 3.04. The summed E-state index contributed by atoms with van der Waals surface area (Å²) in [6.07, 6.45) is 0. The fourth-order valence-corrected chi connectivity index (χ4v) is 3.67. The molecule has 34 heavy (non-hydrogen) atoms. The van der Waals surface area contributed by atoms with E-state index in [0.717, 1.165) is 11.1 Å². The van der Waals surface area contributed by atoms with Crippen molar-refractivity contribution in [2.75, 3.05) is 10.6 Å². The summed E-state index contributed by atoms with van der Waals surface area (Å²) < 4.78 is 27.2. The Labute approximate surface area is 201 Å². The topological polar surface area (TPSA) is 53.2 Å². The molecule has 0 spiro atoms. The largest absolute Gasteiger partial charge is 0.352 e. The highest BCUT2D eigenvalue weighted by Crippen LogP contribution is 2.23. The number of carbonyl (C=O) groups excluding carboxylic acids is 1. The van der Waals surface area contributed by atoms with Gasteiger partial charge in [-0.2, -0.15) is 0 Å². The molecule has 0 saturated carbocycles. The molecule has 1 unspecified atom stereocenters. The zero-order chi connectivity index (χ0) is 23.9. The molecule has 3 N–H and O–H groups in total. The van der Waals surface area contributed by atoms with E-state index in [1.165, 1.54) is 30.3 Å². The van der Waals surface area contributed by atoms with Gasteiger partial charge < -0.3 is 16.0 Å². The lowest BCUT2D eigenvalue weighted by Gasteiger charge is -2.22. The Morgan fingerprint density at radius 1 is 0.676 bits per heavy atom. The van der Waals surface area contributed by atoms with Crippen molar-refractivity contribution in [3.05, 3.63) is 131 Å². The average Bonchev–Trinajstić information content (AvgIpc) is 2.85. The van der Waals surface area contributed by atoms with Crippen molar-refractivity contribution in [1.82, 2.24) is 5.32 Å². The van der Waals surface area contributed by atoms with E-state index in [1.807, 2.05) is 30.3 Å². The van der Waals surface area contributed by atoms with Gasteiger partial charge in [0.1, 0.15) is 11.6 Å². The molecule has 0 heterocycles. The molecule has 4 rings (SSSR count). The lowest BCUT2D eigenvalue weighted by molar-refractivity contribution is 0.102. The summed E-state index contributed by atoms with van der Waals surface area (Å²) in [5.74, 6) is -1.41. The second-order valence-corrected chi connectivity index (χ2v) is 7.91. The fourth-order valence-electron chi connectivity index (χ4n) is 3.44. The van der Waals surface area contributed by atoms with Gasteiger partial charge >= 0.3 is 0 Å². The van der Waals surface area contributed by atoms with Gasteiger partial charge in [-0.15, -0.1) is 0 Å². The maximum absolute atomic E-state index is 13.8. The Bertz CT molecular complexity index is 1280. The first-order chi connectivity index (χ1) is 16.5. The first-order valence-electron chi connectivity index (χ1n) is 10.5. The predicted molar refractivity (Wildman–Crippen MR) is 135 cm³/mol. The first kappa shape index (κ1) is 23.1. The molecule has 0 bridgehead atoms. The molecule has 170 valence electrons. The number of hydrogen-bond acceptors (Lipinski definition) is 2. The predicted octanol–water partition coefficient (Wildman–Crippen LogP) is 6.29. The fraction of sp³-hybridized carbons (Fsp3) is 0.0370. The van der Waals surface area contributed by atoms with E-state index in [-0.39, 0.29) is 17.4 Å². The molecular formula is C27H21F2N3OS. The van der Waals surface area contributed by atoms with E-state index in [2.05, 4.69) is 16.0 Å². The Balaban J connectivity index is 1.42. The molecule has 7 heteroatoms. The normalized spacial score (nSPS) is 11.4. The number of rotatable bonds is 6. The minimum atomic E-state index is -0.580. The molecule has 0 aromatic heterocycles. The second-order valence-electron chi connectivity index (χ2n) is 7.51. The number of hydrogen-bond donors (Lipinski definition) is 3. The molecule has 4 aromatic rings. The highest BCUT2D eigenvalue weighted by molar-refractivity contribution is 7.80. The summed E-state index contributed by atoms with van der Waals surface area (Å²) >= 11 is 5.51. The minimum Gasteiger partial charge on any atom is -0.352 e. The van der Waals surface area contributed by atoms with Crippen LogP contribution in [0.1, 0.15) is 27.5 Å². The third kappa shape index (κ3) is 5.82. The molecule has 0 saturated heterocycles. The van der Waals surface area contributed by atoms with Crippen molar-refractivity contribution >= 4 is 34.6 Å². The molecule has 0 aliphatic rings. The van der Waals surface area contributed by atoms with Gasteiger partial charge in [0.2, 0.25) is 0 Å². The van der Waals surface area contributed by atoms with E-state index < -0.39 is 11.7 Å². The summed E-state index contributed by atoms with van der Waals surface area (Å²) in [5, 5.41) is 9.45. The van der Waals surface area contributed by atoms with Gasteiger partial charge in [-0.05, 0) is 71.9 Å². The van der Waals surface area contributed by atoms with Crippen LogP contribution in [0.15, 0.2) is 103 Å². The van der Waals surface area contributed by atoms with Crippen LogP contribution >= 0.6 is 12.2 Å². The van der Waals surface area contributed by atoms with Crippen molar-refractivity contribution in [3.8, 4) is 0 Å². The number of halogens is 2. The lowest BCUT2D eigenvalue weighted by Crippen LogP contribution is -2.33. The molecule has 0 aliphatic heterocycles. The number of thiocarbonyl (C=S) groups is 1. The van der Waals surface area contributed by atoms with Crippen LogP contribution in [0.2, 0.25) is 0 Å². The molecular weight excluding hydrogens is 452 g/mol. The van der Waals surface area contributed by atoms with Crippen molar-refractivity contribution < 1.29 is 13.6 Å². The van der Waals surface area contributed by atoms with Crippen molar-refractivity contribution in [1.29, 1.82) is 0 Å². The molecule has 1 atom stereocenters. The standard InChI is InChI=1S/C27H21F2N3OS/c28-20-12-10-19(11-13-20)25(18-6-2-1-3-7-18)32-27(34)31-22-16-14-21(15-17-22)30-26(33)23-8-4-5-9-24(23)29/h1-17,25H,(H,30,33)(H2,31,32,34). The summed E-state index contributed by atoms with van der Waals surface area (Å²) in [6, 6.07) is 28.4. The second kappa shape index (κ2) is 10.7. The zero-order valence-corrected chi connectivity index (χ0v) is 18.8. The van der Waals surface area contributed by atoms with E-state index in [1.54, 1.807) is 42.5 Å². The summed E-state index contributed by atoms with van der Waals surface area (Å²) in [4.78, 5) is 12.3. The number of carbonyl (C=O) groups is 1. The smallest absolute Gasteiger partial charge is 0.258 e. The molecule has 1 amide bonds. The third-order valence-corrected chi connectivity index (χ3v) is 5.35. The van der Waals surface area contributed by atoms with Crippen molar-refractivity contribution in [3.63, 3.8) is 0 Å². The first-order valence-corrected chi connectivity index (χ1v) is 10.9. The van der Waals surface area contributed by atoms with Crippen LogP contribution in [-0.2, 0) is 0 Å². The van der Waals surface area contributed by atoms with Crippen LogP contribution in [0.4, 0.5) is 20.2 Å². The maximum atomic E-state index is 13.8. The Hall–Kier alpha value is -4.10. The SMILES string of the molecule is O=C(Nc1ccc(NC(=S)NC(c2ccccc2)c2ccc(F)cc2)cc1)c1ccccc1F. The van der Waals surface area contributed by atoms with Crippen LogP contribution in [-0.4, -0.2) is 11.0 Å². The summed E-state index contributed by atoms with van der Waals surface area (Å²) in [6.45, 7) is 0. The third-order valence-electron chi connectivity index (χ3n) is 5.13. The van der Waals surface area contributed by atoms with Gasteiger partial charge in [0.15, 0.2) is 5.11 Å². The number of anilines is 2. The number of amides is 1. The quantitative estimate of drug-likeness (QED) is 0.288. The Kier molecular flexibility index (Phi) is 7.25. The minimum absolute atomic E-state index is 0.0252. The van der Waals surface area contributed by atoms with E-state index in [9.17, 15) is 13.6 Å². The molecule has 0 aliphatic carbocycles. The maximum Gasteiger partial charge on any atom is 0.258 e. The summed E-state index contributed by atoms with van der Waals surface area (Å²) in [7, 11) is 0. The van der Waals surface area contributed by atoms with Crippen molar-refractivity contribution in [2.45, 2.75) is 6.04 Å². The average molecular weight is 474 g/mol. The Morgan fingerprint density at radius 3 is 1.88 bits per heavy atom. The van der Waals surface area contributed by atoms with Crippen molar-refractivity contribution in [2.24, 2.45) is 0 Å². The molecule has 0 radical (unpaired) electrons. The van der Waals surface area contributed by atoms with Crippen LogP contribution in [0.3, 0.4) is 0 Å². The highest BCUT2D eigenvalue weighted by Gasteiger charge is 2.16. The number of nitrogens with one attached hydrogen (secondary N) is 3. The highest BCUT2D eigenvalue weighted by atomic mass is 32.1. The Morgan fingerprint density at radius 2 is 1.24 bits per heavy atom. The monoisotopic (exact) mass is 473 g/mol. The molecule has 4 nitrogen and oxygen atoms in total. The lowest BCUT2D eigenvalue weighted by atomic mass is 9.99. The van der Waals surface area contributed by atoms with E-state index >= 15 is 0 Å².